The monoisotopic (exact) mass is 494 g/mol. The van der Waals surface area contributed by atoms with Crippen molar-refractivity contribution in [1.82, 2.24) is 0 Å². The van der Waals surface area contributed by atoms with Crippen molar-refractivity contribution in [2.45, 2.75) is 33.3 Å². The Bertz CT molecular complexity index is 1190. The zero-order chi connectivity index (χ0) is 26.2. The second-order valence-electron chi connectivity index (χ2n) is 8.26. The number of phenols is 1. The molecule has 0 aliphatic carbocycles. The average molecular weight is 495 g/mol. The first-order valence-electron chi connectivity index (χ1n) is 11.4. The highest BCUT2D eigenvalue weighted by Gasteiger charge is 2.18. The molecule has 190 valence electrons. The molecule has 8 heteroatoms. The molecule has 3 aromatic carbocycles. The standard InChI is InChI=1S/C28H30O8/c1-17-14-21(29)15-18(2)26(17)36-27(30)20-6-8-22(9-7-20)35-28(31)24-11-10-23(16-25(24)33-5)34-13-12-19(3)32-4/h6-11,14-16,19,29H,12-13H2,1-5H3. The van der Waals surface area contributed by atoms with Gasteiger partial charge in [-0.3, -0.25) is 0 Å². The molecule has 3 aromatic rings. The number of carbonyl (C=O) groups is 2. The minimum Gasteiger partial charge on any atom is -0.508 e. The summed E-state index contributed by atoms with van der Waals surface area (Å²) in [5, 5.41) is 9.66. The number of phenolic OH excluding ortho intramolecular Hbond substituents is 1. The molecule has 8 nitrogen and oxygen atoms in total. The number of carbonyl (C=O) groups excluding carboxylic acids is 2. The summed E-state index contributed by atoms with van der Waals surface area (Å²) in [7, 11) is 3.10. The van der Waals surface area contributed by atoms with Gasteiger partial charge in [-0.15, -0.1) is 0 Å². The summed E-state index contributed by atoms with van der Waals surface area (Å²) < 4.78 is 27.2. The number of rotatable bonds is 10. The highest BCUT2D eigenvalue weighted by atomic mass is 16.5. The molecule has 0 radical (unpaired) electrons. The van der Waals surface area contributed by atoms with Gasteiger partial charge in [0.2, 0.25) is 0 Å². The quantitative estimate of drug-likeness (QED) is 0.301. The SMILES string of the molecule is COc1cc(OCCC(C)OC)ccc1C(=O)Oc1ccc(C(=O)Oc2c(C)cc(O)cc2C)cc1. The van der Waals surface area contributed by atoms with Crippen LogP contribution in [-0.4, -0.2) is 44.0 Å². The van der Waals surface area contributed by atoms with Gasteiger partial charge in [-0.2, -0.15) is 0 Å². The summed E-state index contributed by atoms with van der Waals surface area (Å²) in [6.45, 7) is 5.90. The van der Waals surface area contributed by atoms with Gasteiger partial charge in [0, 0.05) is 19.6 Å². The first-order valence-corrected chi connectivity index (χ1v) is 11.4. The number of methoxy groups -OCH3 is 2. The Balaban J connectivity index is 1.64. The molecule has 0 bridgehead atoms. The first kappa shape index (κ1) is 26.6. The van der Waals surface area contributed by atoms with Gasteiger partial charge in [0.25, 0.3) is 0 Å². The summed E-state index contributed by atoms with van der Waals surface area (Å²) in [6.07, 6.45) is 0.802. The molecule has 0 fully saturated rings. The van der Waals surface area contributed by atoms with Crippen molar-refractivity contribution in [3.05, 3.63) is 76.9 Å². The molecule has 0 heterocycles. The highest BCUT2D eigenvalue weighted by molar-refractivity contribution is 5.95. The lowest BCUT2D eigenvalue weighted by atomic mass is 10.1. The normalized spacial score (nSPS) is 11.5. The van der Waals surface area contributed by atoms with Crippen molar-refractivity contribution in [3.63, 3.8) is 0 Å². The lowest BCUT2D eigenvalue weighted by molar-refractivity contribution is 0.0727. The van der Waals surface area contributed by atoms with Crippen LogP contribution < -0.4 is 18.9 Å². The largest absolute Gasteiger partial charge is 0.508 e. The number of ether oxygens (including phenoxy) is 5. The van der Waals surface area contributed by atoms with Crippen molar-refractivity contribution in [3.8, 4) is 28.7 Å². The van der Waals surface area contributed by atoms with Crippen molar-refractivity contribution in [1.29, 1.82) is 0 Å². The minimum absolute atomic E-state index is 0.0791. The third-order valence-corrected chi connectivity index (χ3v) is 5.53. The molecule has 0 aliphatic rings. The molecule has 1 unspecified atom stereocenters. The summed E-state index contributed by atoms with van der Waals surface area (Å²) in [5.74, 6) is 0.446. The molecule has 1 atom stereocenters. The number of hydrogen-bond acceptors (Lipinski definition) is 8. The van der Waals surface area contributed by atoms with Gasteiger partial charge >= 0.3 is 11.9 Å². The Morgan fingerprint density at radius 1 is 0.861 bits per heavy atom. The molecule has 0 saturated heterocycles. The van der Waals surface area contributed by atoms with Gasteiger partial charge in [0.15, 0.2) is 0 Å². The second-order valence-corrected chi connectivity index (χ2v) is 8.26. The molecule has 0 spiro atoms. The summed E-state index contributed by atoms with van der Waals surface area (Å²) >= 11 is 0. The minimum atomic E-state index is -0.614. The Labute approximate surface area is 210 Å². The lowest BCUT2D eigenvalue weighted by Crippen LogP contribution is -2.12. The van der Waals surface area contributed by atoms with Crippen LogP contribution in [0.5, 0.6) is 28.7 Å². The van der Waals surface area contributed by atoms with E-state index in [9.17, 15) is 14.7 Å². The van der Waals surface area contributed by atoms with Gasteiger partial charge in [-0.1, -0.05) is 0 Å². The molecular formula is C28H30O8. The Hall–Kier alpha value is -4.04. The van der Waals surface area contributed by atoms with Crippen LogP contribution in [0.25, 0.3) is 0 Å². The molecule has 0 saturated carbocycles. The van der Waals surface area contributed by atoms with Crippen molar-refractivity contribution in [2.75, 3.05) is 20.8 Å². The van der Waals surface area contributed by atoms with Gasteiger partial charge in [0.05, 0.1) is 25.4 Å². The summed E-state index contributed by atoms with van der Waals surface area (Å²) in [4.78, 5) is 25.3. The van der Waals surface area contributed by atoms with E-state index in [2.05, 4.69) is 0 Å². The first-order chi connectivity index (χ1) is 17.2. The number of aryl methyl sites for hydroxylation is 2. The van der Waals surface area contributed by atoms with Gasteiger partial charge in [-0.05, 0) is 80.4 Å². The van der Waals surface area contributed by atoms with E-state index in [1.54, 1.807) is 39.2 Å². The van der Waals surface area contributed by atoms with Crippen LogP contribution in [0, 0.1) is 13.8 Å². The predicted octanol–water partition coefficient (Wildman–Crippen LogP) is 5.26. The number of aromatic hydroxyl groups is 1. The fraction of sp³-hybridized carbons (Fsp3) is 0.286. The Morgan fingerprint density at radius 3 is 2.11 bits per heavy atom. The fourth-order valence-corrected chi connectivity index (χ4v) is 3.45. The van der Waals surface area contributed by atoms with Crippen molar-refractivity contribution in [2.24, 2.45) is 0 Å². The lowest BCUT2D eigenvalue weighted by Gasteiger charge is -2.13. The Morgan fingerprint density at radius 2 is 1.50 bits per heavy atom. The van der Waals surface area contributed by atoms with Gasteiger partial charge in [-0.25, -0.2) is 9.59 Å². The van der Waals surface area contributed by atoms with E-state index in [4.69, 9.17) is 23.7 Å². The van der Waals surface area contributed by atoms with Crippen LogP contribution in [0.4, 0.5) is 0 Å². The fourth-order valence-electron chi connectivity index (χ4n) is 3.45. The molecule has 0 aromatic heterocycles. The van der Waals surface area contributed by atoms with Crippen LogP contribution in [0.2, 0.25) is 0 Å². The average Bonchev–Trinajstić information content (AvgIpc) is 2.86. The van der Waals surface area contributed by atoms with Gasteiger partial charge in [0.1, 0.15) is 34.3 Å². The van der Waals surface area contributed by atoms with Gasteiger partial charge < -0.3 is 28.8 Å². The van der Waals surface area contributed by atoms with Crippen molar-refractivity contribution < 1.29 is 38.4 Å². The Kier molecular flexibility index (Phi) is 8.91. The molecule has 0 amide bonds. The maximum absolute atomic E-state index is 12.7. The molecule has 36 heavy (non-hydrogen) atoms. The number of hydrogen-bond donors (Lipinski definition) is 1. The van der Waals surface area contributed by atoms with E-state index in [-0.39, 0.29) is 28.7 Å². The third kappa shape index (κ3) is 6.76. The van der Waals surface area contributed by atoms with E-state index < -0.39 is 11.9 Å². The van der Waals surface area contributed by atoms with E-state index >= 15 is 0 Å². The van der Waals surface area contributed by atoms with Crippen molar-refractivity contribution >= 4 is 11.9 Å². The molecule has 0 aliphatic heterocycles. The molecule has 1 N–H and O–H groups in total. The van der Waals surface area contributed by atoms with E-state index in [0.29, 0.717) is 35.0 Å². The molecular weight excluding hydrogens is 464 g/mol. The van der Waals surface area contributed by atoms with E-state index in [1.807, 2.05) is 6.92 Å². The summed E-state index contributed by atoms with van der Waals surface area (Å²) in [6, 6.07) is 13.9. The van der Waals surface area contributed by atoms with Crippen LogP contribution in [0.1, 0.15) is 45.2 Å². The highest BCUT2D eigenvalue weighted by Crippen LogP contribution is 2.29. The smallest absolute Gasteiger partial charge is 0.347 e. The number of benzene rings is 3. The number of esters is 2. The zero-order valence-corrected chi connectivity index (χ0v) is 21.0. The van der Waals surface area contributed by atoms with Crippen LogP contribution >= 0.6 is 0 Å². The third-order valence-electron chi connectivity index (χ3n) is 5.53. The molecule has 3 rings (SSSR count). The van der Waals surface area contributed by atoms with Crippen LogP contribution in [-0.2, 0) is 4.74 Å². The zero-order valence-electron chi connectivity index (χ0n) is 21.0. The maximum atomic E-state index is 12.7. The predicted molar refractivity (Wildman–Crippen MR) is 134 cm³/mol. The van der Waals surface area contributed by atoms with Crippen LogP contribution in [0.15, 0.2) is 54.6 Å². The maximum Gasteiger partial charge on any atom is 0.347 e. The topological polar surface area (TPSA) is 101 Å². The second kappa shape index (κ2) is 12.1. The van der Waals surface area contributed by atoms with E-state index in [0.717, 1.165) is 6.42 Å². The summed E-state index contributed by atoms with van der Waals surface area (Å²) in [5.41, 5.74) is 1.79. The van der Waals surface area contributed by atoms with Crippen LogP contribution in [0.3, 0.4) is 0 Å². The van der Waals surface area contributed by atoms with E-state index in [1.165, 1.54) is 43.5 Å².